The second-order valence-electron chi connectivity index (χ2n) is 6.44. The third kappa shape index (κ3) is 2.99. The lowest BCUT2D eigenvalue weighted by atomic mass is 9.65. The van der Waals surface area contributed by atoms with Crippen molar-refractivity contribution >= 4 is 5.91 Å². The first-order chi connectivity index (χ1) is 10.6. The van der Waals surface area contributed by atoms with Gasteiger partial charge in [-0.2, -0.15) is 8.78 Å². The van der Waals surface area contributed by atoms with Gasteiger partial charge < -0.3 is 11.1 Å². The molecule has 2 aliphatic carbocycles. The van der Waals surface area contributed by atoms with E-state index in [0.717, 1.165) is 30.3 Å². The highest BCUT2D eigenvalue weighted by Crippen LogP contribution is 2.41. The number of halogens is 2. The van der Waals surface area contributed by atoms with Crippen LogP contribution in [0.2, 0.25) is 0 Å². The molecule has 2 aliphatic rings. The molecule has 3 N–H and O–H groups in total. The molecule has 0 spiro atoms. The van der Waals surface area contributed by atoms with Crippen molar-refractivity contribution in [1.29, 1.82) is 0 Å². The molecular formula is C15H22F2N4O. The topological polar surface area (TPSA) is 72.9 Å². The normalized spacial score (nSPS) is 31.3. The number of nitrogens with one attached hydrogen (secondary N) is 1. The van der Waals surface area contributed by atoms with Crippen LogP contribution in [0.5, 0.6) is 0 Å². The lowest BCUT2D eigenvalue weighted by Crippen LogP contribution is -2.49. The van der Waals surface area contributed by atoms with E-state index in [0.29, 0.717) is 11.8 Å². The average molecular weight is 312 g/mol. The van der Waals surface area contributed by atoms with Gasteiger partial charge in [0.15, 0.2) is 0 Å². The maximum atomic E-state index is 12.7. The van der Waals surface area contributed by atoms with Gasteiger partial charge in [-0.3, -0.25) is 9.36 Å². The minimum Gasteiger partial charge on any atom is -0.349 e. The standard InChI is InChI=1S/C15H22F2N4O/c16-15(17)21-5-4-19-12(21)8-20-14(22)11-6-9-2-1-3-10(7-11)13(9)18/h4-5,9-11,13,15H,1-3,6-8,18H2,(H,20,22). The monoisotopic (exact) mass is 312 g/mol. The predicted octanol–water partition coefficient (Wildman–Crippen LogP) is 2.05. The van der Waals surface area contributed by atoms with Gasteiger partial charge in [0.05, 0.1) is 6.54 Å². The molecule has 3 rings (SSSR count). The molecule has 2 fully saturated rings. The van der Waals surface area contributed by atoms with Gasteiger partial charge in [0.25, 0.3) is 0 Å². The number of hydrogen-bond acceptors (Lipinski definition) is 3. The number of hydrogen-bond donors (Lipinski definition) is 2. The van der Waals surface area contributed by atoms with Gasteiger partial charge in [0, 0.05) is 24.4 Å². The zero-order chi connectivity index (χ0) is 15.7. The lowest BCUT2D eigenvalue weighted by molar-refractivity contribution is -0.128. The van der Waals surface area contributed by atoms with E-state index in [-0.39, 0.29) is 30.2 Å². The summed E-state index contributed by atoms with van der Waals surface area (Å²) < 4.78 is 26.2. The van der Waals surface area contributed by atoms with E-state index in [2.05, 4.69) is 10.3 Å². The molecule has 2 saturated carbocycles. The number of imidazole rings is 1. The molecule has 2 atom stereocenters. The van der Waals surface area contributed by atoms with Crippen molar-refractivity contribution in [2.24, 2.45) is 23.5 Å². The summed E-state index contributed by atoms with van der Waals surface area (Å²) in [6.07, 6.45) is 7.55. The molecule has 7 heteroatoms. The summed E-state index contributed by atoms with van der Waals surface area (Å²) in [6, 6.07) is 0.218. The summed E-state index contributed by atoms with van der Waals surface area (Å²) in [5.74, 6) is 0.909. The number of alkyl halides is 2. The predicted molar refractivity (Wildman–Crippen MR) is 76.9 cm³/mol. The number of rotatable bonds is 4. The maximum Gasteiger partial charge on any atom is 0.319 e. The molecule has 0 aliphatic heterocycles. The molecule has 0 radical (unpaired) electrons. The van der Waals surface area contributed by atoms with Crippen molar-refractivity contribution in [2.45, 2.75) is 51.2 Å². The maximum absolute atomic E-state index is 12.7. The summed E-state index contributed by atoms with van der Waals surface area (Å²) in [4.78, 5) is 16.2. The Kier molecular flexibility index (Phi) is 4.42. The summed E-state index contributed by atoms with van der Waals surface area (Å²) in [5.41, 5.74) is 6.22. The van der Waals surface area contributed by atoms with Crippen LogP contribution in [0.3, 0.4) is 0 Å². The fraction of sp³-hybridized carbons (Fsp3) is 0.733. The molecule has 22 heavy (non-hydrogen) atoms. The highest BCUT2D eigenvalue weighted by molar-refractivity contribution is 5.78. The van der Waals surface area contributed by atoms with Crippen molar-refractivity contribution in [1.82, 2.24) is 14.9 Å². The number of nitrogens with zero attached hydrogens (tertiary/aromatic N) is 2. The Morgan fingerprint density at radius 3 is 2.73 bits per heavy atom. The summed E-state index contributed by atoms with van der Waals surface area (Å²) >= 11 is 0. The molecule has 0 saturated heterocycles. The third-order valence-corrected chi connectivity index (χ3v) is 5.16. The molecule has 5 nitrogen and oxygen atoms in total. The first kappa shape index (κ1) is 15.4. The van der Waals surface area contributed by atoms with Gasteiger partial charge in [-0.1, -0.05) is 6.42 Å². The zero-order valence-corrected chi connectivity index (χ0v) is 12.4. The smallest absolute Gasteiger partial charge is 0.319 e. The van der Waals surface area contributed by atoms with Gasteiger partial charge in [0.1, 0.15) is 5.82 Å². The number of aromatic nitrogens is 2. The van der Waals surface area contributed by atoms with Crippen LogP contribution in [0, 0.1) is 17.8 Å². The SMILES string of the molecule is NC1C2CCCC1CC(C(=O)NCc1nccn1C(F)F)C2. The second kappa shape index (κ2) is 6.32. The van der Waals surface area contributed by atoms with Crippen LogP contribution in [0.1, 0.15) is 44.5 Å². The van der Waals surface area contributed by atoms with E-state index >= 15 is 0 Å². The Bertz CT molecular complexity index is 519. The molecule has 1 aromatic heterocycles. The summed E-state index contributed by atoms with van der Waals surface area (Å²) in [6.45, 7) is -2.60. The van der Waals surface area contributed by atoms with Crippen LogP contribution in [0.25, 0.3) is 0 Å². The van der Waals surface area contributed by atoms with Crippen molar-refractivity contribution < 1.29 is 13.6 Å². The number of fused-ring (bicyclic) bond motifs is 2. The first-order valence-electron chi connectivity index (χ1n) is 7.89. The van der Waals surface area contributed by atoms with E-state index in [9.17, 15) is 13.6 Å². The molecule has 122 valence electrons. The average Bonchev–Trinajstić information content (AvgIpc) is 2.93. The Labute approximate surface area is 128 Å². The largest absolute Gasteiger partial charge is 0.349 e. The van der Waals surface area contributed by atoms with Gasteiger partial charge in [-0.05, 0) is 37.5 Å². The number of amides is 1. The van der Waals surface area contributed by atoms with Crippen LogP contribution in [0.4, 0.5) is 8.78 Å². The summed E-state index contributed by atoms with van der Waals surface area (Å²) in [5, 5.41) is 2.76. The second-order valence-corrected chi connectivity index (χ2v) is 6.44. The Morgan fingerprint density at radius 2 is 2.09 bits per heavy atom. The quantitative estimate of drug-likeness (QED) is 0.893. The molecule has 0 aromatic carbocycles. The molecule has 1 amide bonds. The van der Waals surface area contributed by atoms with E-state index in [1.54, 1.807) is 0 Å². The first-order valence-corrected chi connectivity index (χ1v) is 7.89. The lowest BCUT2D eigenvalue weighted by Gasteiger charge is -2.43. The molecule has 2 unspecified atom stereocenters. The highest BCUT2D eigenvalue weighted by Gasteiger charge is 2.40. The van der Waals surface area contributed by atoms with E-state index < -0.39 is 6.55 Å². The Hall–Kier alpha value is -1.50. The number of nitrogens with two attached hydrogens (primary N) is 1. The van der Waals surface area contributed by atoms with E-state index in [1.807, 2.05) is 0 Å². The molecular weight excluding hydrogens is 290 g/mol. The van der Waals surface area contributed by atoms with Crippen molar-refractivity contribution in [3.63, 3.8) is 0 Å². The number of carbonyl (C=O) groups excluding carboxylic acids is 1. The Morgan fingerprint density at radius 1 is 1.41 bits per heavy atom. The fourth-order valence-electron chi connectivity index (χ4n) is 3.97. The molecule has 1 heterocycles. The van der Waals surface area contributed by atoms with Crippen molar-refractivity contribution in [3.05, 3.63) is 18.2 Å². The van der Waals surface area contributed by atoms with Crippen LogP contribution >= 0.6 is 0 Å². The fourth-order valence-corrected chi connectivity index (χ4v) is 3.97. The van der Waals surface area contributed by atoms with Crippen LogP contribution in [-0.2, 0) is 11.3 Å². The van der Waals surface area contributed by atoms with Crippen LogP contribution < -0.4 is 11.1 Å². The van der Waals surface area contributed by atoms with Crippen molar-refractivity contribution in [2.75, 3.05) is 0 Å². The Balaban J connectivity index is 1.57. The minimum absolute atomic E-state index is 0.0358. The van der Waals surface area contributed by atoms with Gasteiger partial charge in [-0.25, -0.2) is 4.98 Å². The van der Waals surface area contributed by atoms with Crippen LogP contribution in [-0.4, -0.2) is 21.5 Å². The van der Waals surface area contributed by atoms with E-state index in [1.165, 1.54) is 18.8 Å². The van der Waals surface area contributed by atoms with Crippen molar-refractivity contribution in [3.8, 4) is 0 Å². The molecule has 1 aromatic rings. The minimum atomic E-state index is -2.64. The van der Waals surface area contributed by atoms with Crippen LogP contribution in [0.15, 0.2) is 12.4 Å². The zero-order valence-electron chi connectivity index (χ0n) is 12.4. The summed E-state index contributed by atoms with van der Waals surface area (Å²) in [7, 11) is 0. The molecule has 2 bridgehead atoms. The van der Waals surface area contributed by atoms with Gasteiger partial charge in [0.2, 0.25) is 5.91 Å². The van der Waals surface area contributed by atoms with Gasteiger partial charge in [-0.15, -0.1) is 0 Å². The third-order valence-electron chi connectivity index (χ3n) is 5.16. The number of carbonyl (C=O) groups is 1. The van der Waals surface area contributed by atoms with E-state index in [4.69, 9.17) is 5.73 Å². The highest BCUT2D eigenvalue weighted by atomic mass is 19.3. The van der Waals surface area contributed by atoms with Gasteiger partial charge >= 0.3 is 6.55 Å².